The van der Waals surface area contributed by atoms with E-state index in [-0.39, 0.29) is 28.9 Å². The van der Waals surface area contributed by atoms with Crippen molar-refractivity contribution in [3.05, 3.63) is 60.1 Å². The van der Waals surface area contributed by atoms with Gasteiger partial charge in [0.25, 0.3) is 5.91 Å². The largest absolute Gasteiger partial charge is 0.496 e. The van der Waals surface area contributed by atoms with E-state index in [1.54, 1.807) is 19.3 Å². The Morgan fingerprint density at radius 2 is 2.11 bits per heavy atom. The van der Waals surface area contributed by atoms with Gasteiger partial charge in [-0.25, -0.2) is 18.7 Å². The molecule has 184 valence electrons. The van der Waals surface area contributed by atoms with Crippen LogP contribution in [0.1, 0.15) is 16.9 Å². The monoisotopic (exact) mass is 491 g/mol. The fourth-order valence-corrected chi connectivity index (χ4v) is 5.23. The number of fused-ring (bicyclic) bond motifs is 3. The number of halogens is 2. The Morgan fingerprint density at radius 3 is 2.86 bits per heavy atom. The Labute approximate surface area is 205 Å². The van der Waals surface area contributed by atoms with Crippen molar-refractivity contribution >= 4 is 28.2 Å². The summed E-state index contributed by atoms with van der Waals surface area (Å²) in [5.41, 5.74) is 1.49. The van der Waals surface area contributed by atoms with E-state index < -0.39 is 17.5 Å². The summed E-state index contributed by atoms with van der Waals surface area (Å²) in [6, 6.07) is 7.69. The highest BCUT2D eigenvalue weighted by Gasteiger charge is 2.40. The molecule has 0 aliphatic carbocycles. The van der Waals surface area contributed by atoms with E-state index in [9.17, 15) is 9.18 Å². The number of ether oxygens (including phenoxy) is 1. The summed E-state index contributed by atoms with van der Waals surface area (Å²) in [7, 11) is 3.10. The summed E-state index contributed by atoms with van der Waals surface area (Å²) in [6.07, 6.45) is 3.97. The molecule has 36 heavy (non-hydrogen) atoms. The van der Waals surface area contributed by atoms with Gasteiger partial charge in [-0.15, -0.1) is 0 Å². The number of nitrogens with one attached hydrogen (secondary N) is 2. The van der Waals surface area contributed by atoms with Gasteiger partial charge >= 0.3 is 0 Å². The molecule has 4 aromatic rings. The third kappa shape index (κ3) is 3.54. The normalized spacial score (nSPS) is 18.7. The Balaban J connectivity index is 1.40. The number of rotatable bonds is 5. The van der Waals surface area contributed by atoms with Crippen LogP contribution in [-0.2, 0) is 7.05 Å². The number of amides is 1. The molecular weight excluding hydrogens is 468 g/mol. The zero-order valence-corrected chi connectivity index (χ0v) is 19.6. The van der Waals surface area contributed by atoms with Gasteiger partial charge in [-0.2, -0.15) is 5.10 Å². The van der Waals surface area contributed by atoms with E-state index in [1.165, 1.54) is 42.3 Å². The minimum Gasteiger partial charge on any atom is -0.496 e. The number of hydrogen-bond donors (Lipinski definition) is 2. The fraction of sp³-hybridized carbons (Fsp3) is 0.280. The standard InChI is InChI=1S/C25H23F2N7O2/c1-33-22-15(11-30-33)23(34-12-13-8-14(34)10-29-13)19(9-17(22)27)32-25(35)18-6-7-28-24(31-18)21-16(26)4-3-5-20(21)36-2/h3-7,9,11,13-14,29H,8,10,12H2,1-2H3,(H,32,35)/t13-,14-/m0/s1. The molecule has 2 N–H and O–H groups in total. The van der Waals surface area contributed by atoms with Crippen molar-refractivity contribution in [2.75, 3.05) is 30.4 Å². The molecule has 2 atom stereocenters. The smallest absolute Gasteiger partial charge is 0.274 e. The first kappa shape index (κ1) is 22.4. The van der Waals surface area contributed by atoms with Gasteiger partial charge in [0.15, 0.2) is 11.6 Å². The van der Waals surface area contributed by atoms with E-state index in [1.807, 2.05) is 0 Å². The van der Waals surface area contributed by atoms with Crippen LogP contribution in [-0.4, -0.2) is 57.9 Å². The Kier molecular flexibility index (Phi) is 5.29. The zero-order valence-electron chi connectivity index (χ0n) is 19.6. The molecule has 2 aliphatic rings. The molecule has 2 fully saturated rings. The highest BCUT2D eigenvalue weighted by atomic mass is 19.1. The second-order valence-corrected chi connectivity index (χ2v) is 8.97. The number of hydrogen-bond acceptors (Lipinski definition) is 7. The Morgan fingerprint density at radius 1 is 1.25 bits per heavy atom. The van der Waals surface area contributed by atoms with Crippen LogP contribution < -0.4 is 20.3 Å². The lowest BCUT2D eigenvalue weighted by atomic mass is 10.1. The molecule has 2 aromatic heterocycles. The summed E-state index contributed by atoms with van der Waals surface area (Å²) in [5.74, 6) is -1.38. The molecule has 0 spiro atoms. The minimum absolute atomic E-state index is 0.00700. The molecule has 6 rings (SSSR count). The van der Waals surface area contributed by atoms with Crippen molar-refractivity contribution < 1.29 is 18.3 Å². The summed E-state index contributed by atoms with van der Waals surface area (Å²) in [4.78, 5) is 23.9. The topological polar surface area (TPSA) is 97.2 Å². The van der Waals surface area contributed by atoms with Crippen LogP contribution in [0, 0.1) is 11.6 Å². The molecule has 2 aliphatic heterocycles. The van der Waals surface area contributed by atoms with Gasteiger partial charge in [-0.05, 0) is 24.6 Å². The van der Waals surface area contributed by atoms with Gasteiger partial charge in [-0.3, -0.25) is 9.48 Å². The molecule has 9 nitrogen and oxygen atoms in total. The third-order valence-electron chi connectivity index (χ3n) is 6.85. The predicted octanol–water partition coefficient (Wildman–Crippen LogP) is 3.12. The van der Waals surface area contributed by atoms with Crippen LogP contribution in [0.2, 0.25) is 0 Å². The predicted molar refractivity (Wildman–Crippen MR) is 130 cm³/mol. The van der Waals surface area contributed by atoms with Crippen LogP contribution in [0.15, 0.2) is 42.7 Å². The maximum atomic E-state index is 15.1. The quantitative estimate of drug-likeness (QED) is 0.443. The van der Waals surface area contributed by atoms with E-state index >= 15 is 4.39 Å². The number of aryl methyl sites for hydroxylation is 1. The highest BCUT2D eigenvalue weighted by Crippen LogP contribution is 2.41. The lowest BCUT2D eigenvalue weighted by molar-refractivity contribution is 0.102. The van der Waals surface area contributed by atoms with E-state index in [0.29, 0.717) is 22.6 Å². The Bertz CT molecular complexity index is 1510. The van der Waals surface area contributed by atoms with Gasteiger partial charge in [0.2, 0.25) is 0 Å². The number of anilines is 2. The molecule has 0 unspecified atom stereocenters. The minimum atomic E-state index is -0.573. The first-order valence-corrected chi connectivity index (χ1v) is 11.6. The second-order valence-electron chi connectivity index (χ2n) is 8.97. The first-order chi connectivity index (χ1) is 17.4. The maximum Gasteiger partial charge on any atom is 0.274 e. The number of benzene rings is 2. The maximum absolute atomic E-state index is 15.1. The number of aromatic nitrogens is 4. The van der Waals surface area contributed by atoms with Gasteiger partial charge in [-0.1, -0.05) is 6.07 Å². The van der Waals surface area contributed by atoms with Crippen molar-refractivity contribution in [3.8, 4) is 17.1 Å². The lowest BCUT2D eigenvalue weighted by Gasteiger charge is -2.32. The van der Waals surface area contributed by atoms with Gasteiger partial charge in [0.05, 0.1) is 30.2 Å². The van der Waals surface area contributed by atoms with Gasteiger partial charge in [0, 0.05) is 49.9 Å². The lowest BCUT2D eigenvalue weighted by Crippen LogP contribution is -2.44. The summed E-state index contributed by atoms with van der Waals surface area (Å²) < 4.78 is 36.5. The van der Waals surface area contributed by atoms with E-state index in [0.717, 1.165) is 25.2 Å². The fourth-order valence-electron chi connectivity index (χ4n) is 5.23. The highest BCUT2D eigenvalue weighted by molar-refractivity contribution is 6.09. The van der Waals surface area contributed by atoms with Crippen LogP contribution in [0.25, 0.3) is 22.3 Å². The van der Waals surface area contributed by atoms with Crippen LogP contribution in [0.4, 0.5) is 20.2 Å². The van der Waals surface area contributed by atoms with Crippen molar-refractivity contribution in [1.82, 2.24) is 25.1 Å². The molecule has 11 heteroatoms. The van der Waals surface area contributed by atoms with Crippen LogP contribution >= 0.6 is 0 Å². The number of piperazine rings is 1. The van der Waals surface area contributed by atoms with Crippen LogP contribution in [0.5, 0.6) is 5.75 Å². The second kappa shape index (κ2) is 8.52. The van der Waals surface area contributed by atoms with Gasteiger partial charge in [0.1, 0.15) is 22.8 Å². The molecule has 0 saturated carbocycles. The molecule has 1 amide bonds. The number of carbonyl (C=O) groups excluding carboxylic acids is 1. The van der Waals surface area contributed by atoms with E-state index in [2.05, 4.69) is 30.6 Å². The summed E-state index contributed by atoms with van der Waals surface area (Å²) in [6.45, 7) is 1.56. The molecule has 0 radical (unpaired) electrons. The number of methoxy groups -OCH3 is 1. The van der Waals surface area contributed by atoms with Gasteiger partial charge < -0.3 is 20.3 Å². The zero-order chi connectivity index (χ0) is 25.0. The molecule has 4 heterocycles. The average molecular weight is 492 g/mol. The Hall–Kier alpha value is -4.12. The molecule has 2 aromatic carbocycles. The van der Waals surface area contributed by atoms with Crippen molar-refractivity contribution in [1.29, 1.82) is 0 Å². The summed E-state index contributed by atoms with van der Waals surface area (Å²) in [5, 5.41) is 11.2. The number of nitrogens with zero attached hydrogens (tertiary/aromatic N) is 5. The van der Waals surface area contributed by atoms with Crippen LogP contribution in [0.3, 0.4) is 0 Å². The van der Waals surface area contributed by atoms with E-state index in [4.69, 9.17) is 4.74 Å². The average Bonchev–Trinajstić information content (AvgIpc) is 3.60. The molecule has 2 saturated heterocycles. The number of carbonyl (C=O) groups is 1. The summed E-state index contributed by atoms with van der Waals surface area (Å²) >= 11 is 0. The van der Waals surface area contributed by atoms with Crippen molar-refractivity contribution in [2.24, 2.45) is 7.05 Å². The SMILES string of the molecule is COc1cccc(F)c1-c1nccc(C(=O)Nc2cc(F)c3c(cnn3C)c2N2C[C@@H]3C[C@H]2CN3)n1. The first-order valence-electron chi connectivity index (χ1n) is 11.6. The third-order valence-corrected chi connectivity index (χ3v) is 6.85. The molecular formula is C25H23F2N7O2. The van der Waals surface area contributed by atoms with Crippen molar-refractivity contribution in [2.45, 2.75) is 18.5 Å². The van der Waals surface area contributed by atoms with Crippen molar-refractivity contribution in [3.63, 3.8) is 0 Å². The molecule has 2 bridgehead atoms.